The molecule has 0 saturated carbocycles. The zero-order valence-electron chi connectivity index (χ0n) is 15.1. The topological polar surface area (TPSA) is 78.4 Å². The highest BCUT2D eigenvalue weighted by atomic mass is 19.3. The molecule has 1 atom stereocenters. The summed E-state index contributed by atoms with van der Waals surface area (Å²) in [5.41, 5.74) is 3.42. The van der Waals surface area contributed by atoms with Crippen molar-refractivity contribution in [2.24, 2.45) is 5.10 Å². The number of nitrogens with one attached hydrogen (secondary N) is 1. The van der Waals surface area contributed by atoms with E-state index in [2.05, 4.69) is 15.3 Å². The van der Waals surface area contributed by atoms with Crippen LogP contribution in [0.25, 0.3) is 0 Å². The van der Waals surface area contributed by atoms with Crippen molar-refractivity contribution >= 4 is 11.6 Å². The van der Waals surface area contributed by atoms with Gasteiger partial charge in [0.25, 0.3) is 5.91 Å². The van der Waals surface area contributed by atoms with E-state index in [-0.39, 0.29) is 18.1 Å². The van der Waals surface area contributed by atoms with Gasteiger partial charge in [-0.1, -0.05) is 12.1 Å². The third kappa shape index (κ3) is 4.48. The van der Waals surface area contributed by atoms with Gasteiger partial charge in [-0.05, 0) is 37.3 Å². The Morgan fingerprint density at radius 2 is 1.96 bits per heavy atom. The van der Waals surface area contributed by atoms with Gasteiger partial charge in [0.1, 0.15) is 6.61 Å². The number of amides is 1. The molecule has 2 aromatic rings. The average Bonchev–Trinajstić information content (AvgIpc) is 2.71. The van der Waals surface area contributed by atoms with Crippen molar-refractivity contribution in [3.63, 3.8) is 0 Å². The van der Waals surface area contributed by atoms with Crippen molar-refractivity contribution < 1.29 is 32.5 Å². The van der Waals surface area contributed by atoms with Crippen LogP contribution in [0.3, 0.4) is 0 Å². The number of methoxy groups -OCH3 is 1. The molecule has 3 rings (SSSR count). The highest BCUT2D eigenvalue weighted by molar-refractivity contribution is 6.00. The number of carbonyl (C=O) groups is 1. The normalized spacial score (nSPS) is 15.9. The first-order chi connectivity index (χ1) is 13.5. The molecule has 28 heavy (non-hydrogen) atoms. The van der Waals surface area contributed by atoms with Gasteiger partial charge in [0, 0.05) is 5.56 Å². The molecule has 1 aliphatic rings. The number of nitrogens with zero attached hydrogens (tertiary/aromatic N) is 1. The summed E-state index contributed by atoms with van der Waals surface area (Å²) < 4.78 is 45.3. The predicted molar refractivity (Wildman–Crippen MR) is 96.3 cm³/mol. The van der Waals surface area contributed by atoms with Crippen LogP contribution >= 0.6 is 0 Å². The Morgan fingerprint density at radius 1 is 1.21 bits per heavy atom. The van der Waals surface area contributed by atoms with E-state index in [9.17, 15) is 13.6 Å². The molecule has 0 saturated heterocycles. The summed E-state index contributed by atoms with van der Waals surface area (Å²) in [5, 5.41) is 4.03. The summed E-state index contributed by atoms with van der Waals surface area (Å²) in [6.45, 7) is -1.25. The SMILES string of the molecule is COc1cc(/C(C)=N\NC(=O)[C@@H]2COc3ccccc3O2)ccc1OC(F)F. The fourth-order valence-corrected chi connectivity index (χ4v) is 2.51. The lowest BCUT2D eigenvalue weighted by Crippen LogP contribution is -2.42. The van der Waals surface area contributed by atoms with Gasteiger partial charge in [-0.2, -0.15) is 13.9 Å². The second-order valence-electron chi connectivity index (χ2n) is 5.78. The quantitative estimate of drug-likeness (QED) is 0.604. The third-order valence-electron chi connectivity index (χ3n) is 3.93. The van der Waals surface area contributed by atoms with E-state index in [4.69, 9.17) is 14.2 Å². The van der Waals surface area contributed by atoms with E-state index in [1.54, 1.807) is 25.1 Å². The Bertz CT molecular complexity index is 888. The van der Waals surface area contributed by atoms with Crippen LogP contribution in [0.5, 0.6) is 23.0 Å². The molecule has 9 heteroatoms. The molecule has 0 fully saturated rings. The summed E-state index contributed by atoms with van der Waals surface area (Å²) >= 11 is 0. The summed E-state index contributed by atoms with van der Waals surface area (Å²) in [6.07, 6.45) is -0.845. The second kappa shape index (κ2) is 8.55. The average molecular weight is 392 g/mol. The number of carbonyl (C=O) groups excluding carboxylic acids is 1. The molecule has 148 valence electrons. The Hall–Kier alpha value is -3.36. The lowest BCUT2D eigenvalue weighted by Gasteiger charge is -2.24. The minimum Gasteiger partial charge on any atom is -0.493 e. The summed E-state index contributed by atoms with van der Waals surface area (Å²) in [7, 11) is 1.34. The zero-order valence-corrected chi connectivity index (χ0v) is 15.1. The van der Waals surface area contributed by atoms with Crippen molar-refractivity contribution in [3.05, 3.63) is 48.0 Å². The molecule has 0 bridgehead atoms. The van der Waals surface area contributed by atoms with Crippen LogP contribution in [-0.2, 0) is 4.79 Å². The number of fused-ring (bicyclic) bond motifs is 1. The lowest BCUT2D eigenvalue weighted by atomic mass is 10.1. The molecule has 1 amide bonds. The van der Waals surface area contributed by atoms with Crippen LogP contribution in [0.2, 0.25) is 0 Å². The first-order valence-corrected chi connectivity index (χ1v) is 8.33. The van der Waals surface area contributed by atoms with Gasteiger partial charge in [-0.3, -0.25) is 4.79 Å². The molecule has 2 aromatic carbocycles. The van der Waals surface area contributed by atoms with E-state index in [1.807, 2.05) is 6.07 Å². The van der Waals surface area contributed by atoms with Gasteiger partial charge in [-0.15, -0.1) is 0 Å². The summed E-state index contributed by atoms with van der Waals surface area (Å²) in [5.74, 6) is 0.612. The molecule has 1 aliphatic heterocycles. The minimum atomic E-state index is -2.96. The fraction of sp³-hybridized carbons (Fsp3) is 0.263. The lowest BCUT2D eigenvalue weighted by molar-refractivity contribution is -0.130. The van der Waals surface area contributed by atoms with Gasteiger partial charge in [0.15, 0.2) is 23.0 Å². The first-order valence-electron chi connectivity index (χ1n) is 8.33. The maximum absolute atomic E-state index is 12.4. The van der Waals surface area contributed by atoms with Crippen LogP contribution in [0.15, 0.2) is 47.6 Å². The van der Waals surface area contributed by atoms with Crippen LogP contribution < -0.4 is 24.4 Å². The van der Waals surface area contributed by atoms with Crippen molar-refractivity contribution in [2.45, 2.75) is 19.6 Å². The smallest absolute Gasteiger partial charge is 0.387 e. The first kappa shape index (κ1) is 19.4. The molecule has 0 aromatic heterocycles. The Kier molecular flexibility index (Phi) is 5.93. The number of rotatable bonds is 6. The van der Waals surface area contributed by atoms with E-state index in [0.29, 0.717) is 22.8 Å². The molecular weight excluding hydrogens is 374 g/mol. The van der Waals surface area contributed by atoms with Crippen LogP contribution in [0, 0.1) is 0 Å². The maximum Gasteiger partial charge on any atom is 0.387 e. The Labute approximate surface area is 159 Å². The standard InChI is InChI=1S/C19H18F2N2O5/c1-11(12-7-8-15(28-19(20)21)16(9-12)25-2)22-23-18(24)17-10-26-13-5-3-4-6-14(13)27-17/h3-9,17,19H,10H2,1-2H3,(H,23,24)/b22-11-/t17-/m0/s1. The van der Waals surface area contributed by atoms with Crippen LogP contribution in [0.4, 0.5) is 8.78 Å². The number of ether oxygens (including phenoxy) is 4. The highest BCUT2D eigenvalue weighted by Gasteiger charge is 2.27. The van der Waals surface area contributed by atoms with Gasteiger partial charge in [0.2, 0.25) is 6.10 Å². The van der Waals surface area contributed by atoms with Crippen LogP contribution in [-0.4, -0.2) is 38.1 Å². The molecular formula is C19H18F2N2O5. The fourth-order valence-electron chi connectivity index (χ4n) is 2.51. The van der Waals surface area contributed by atoms with E-state index >= 15 is 0 Å². The van der Waals surface area contributed by atoms with Gasteiger partial charge in [-0.25, -0.2) is 5.43 Å². The zero-order chi connectivity index (χ0) is 20.1. The highest BCUT2D eigenvalue weighted by Crippen LogP contribution is 2.31. The number of halogens is 2. The number of para-hydroxylation sites is 2. The largest absolute Gasteiger partial charge is 0.493 e. The number of hydrogen-bond donors (Lipinski definition) is 1. The van der Waals surface area contributed by atoms with E-state index in [1.165, 1.54) is 25.3 Å². The van der Waals surface area contributed by atoms with E-state index < -0.39 is 18.6 Å². The molecule has 0 spiro atoms. The third-order valence-corrected chi connectivity index (χ3v) is 3.93. The minimum absolute atomic E-state index is 0.0604. The van der Waals surface area contributed by atoms with Gasteiger partial charge in [0.05, 0.1) is 12.8 Å². The molecule has 7 nitrogen and oxygen atoms in total. The maximum atomic E-state index is 12.4. The van der Waals surface area contributed by atoms with Crippen molar-refractivity contribution in [1.82, 2.24) is 5.43 Å². The molecule has 0 unspecified atom stereocenters. The summed E-state index contributed by atoms with van der Waals surface area (Å²) in [6, 6.07) is 11.4. The van der Waals surface area contributed by atoms with Gasteiger partial charge < -0.3 is 18.9 Å². The van der Waals surface area contributed by atoms with Crippen molar-refractivity contribution in [2.75, 3.05) is 13.7 Å². The molecule has 1 heterocycles. The molecule has 0 radical (unpaired) electrons. The Balaban J connectivity index is 1.66. The predicted octanol–water partition coefficient (Wildman–Crippen LogP) is 2.98. The molecule has 0 aliphatic carbocycles. The van der Waals surface area contributed by atoms with Gasteiger partial charge >= 0.3 is 6.61 Å². The number of hydrogen-bond acceptors (Lipinski definition) is 6. The van der Waals surface area contributed by atoms with Crippen LogP contribution in [0.1, 0.15) is 12.5 Å². The Morgan fingerprint density at radius 3 is 2.68 bits per heavy atom. The van der Waals surface area contributed by atoms with E-state index in [0.717, 1.165) is 0 Å². The monoisotopic (exact) mass is 392 g/mol. The van der Waals surface area contributed by atoms with Crippen molar-refractivity contribution in [1.29, 1.82) is 0 Å². The summed E-state index contributed by atoms with van der Waals surface area (Å²) in [4.78, 5) is 12.3. The second-order valence-corrected chi connectivity index (χ2v) is 5.78. The number of benzene rings is 2. The molecule has 1 N–H and O–H groups in total. The number of alkyl halides is 2. The number of hydrazone groups is 1. The van der Waals surface area contributed by atoms with Crippen molar-refractivity contribution in [3.8, 4) is 23.0 Å².